The summed E-state index contributed by atoms with van der Waals surface area (Å²) in [6.07, 6.45) is 3.59. The van der Waals surface area contributed by atoms with Crippen molar-refractivity contribution in [3.05, 3.63) is 29.8 Å². The fourth-order valence-electron chi connectivity index (χ4n) is 2.99. The van der Waals surface area contributed by atoms with Crippen LogP contribution in [-0.4, -0.2) is 43.4 Å². The number of piperazine rings is 1. The first-order chi connectivity index (χ1) is 8.36. The van der Waals surface area contributed by atoms with E-state index in [2.05, 4.69) is 21.9 Å². The molecular weight excluding hydrogens is 212 g/mol. The number of fused-ring (bicyclic) bond motifs is 1. The van der Waals surface area contributed by atoms with Crippen LogP contribution in [0.1, 0.15) is 23.2 Å². The number of carbonyl (C=O) groups is 1. The maximum Gasteiger partial charge on any atom is 0.150 e. The van der Waals surface area contributed by atoms with Gasteiger partial charge in [0.25, 0.3) is 0 Å². The summed E-state index contributed by atoms with van der Waals surface area (Å²) in [5.41, 5.74) is 2.01. The van der Waals surface area contributed by atoms with Crippen LogP contribution in [0.5, 0.6) is 0 Å². The van der Waals surface area contributed by atoms with Gasteiger partial charge in [0.15, 0.2) is 0 Å². The van der Waals surface area contributed by atoms with Gasteiger partial charge < -0.3 is 4.90 Å². The molecule has 1 unspecified atom stereocenters. The summed E-state index contributed by atoms with van der Waals surface area (Å²) >= 11 is 0. The Kier molecular flexibility index (Phi) is 2.85. The predicted octanol–water partition coefficient (Wildman–Crippen LogP) is 1.78. The van der Waals surface area contributed by atoms with E-state index in [4.69, 9.17) is 0 Å². The van der Waals surface area contributed by atoms with Crippen LogP contribution < -0.4 is 4.90 Å². The van der Waals surface area contributed by atoms with E-state index >= 15 is 0 Å². The Balaban J connectivity index is 1.73. The van der Waals surface area contributed by atoms with Gasteiger partial charge in [0.05, 0.1) is 0 Å². The molecule has 0 aromatic heterocycles. The summed E-state index contributed by atoms with van der Waals surface area (Å²) in [6.45, 7) is 4.71. The normalized spacial score (nSPS) is 24.7. The van der Waals surface area contributed by atoms with E-state index in [0.29, 0.717) is 0 Å². The van der Waals surface area contributed by atoms with E-state index in [1.165, 1.54) is 31.6 Å². The summed E-state index contributed by atoms with van der Waals surface area (Å²) in [5, 5.41) is 0. The molecule has 17 heavy (non-hydrogen) atoms. The zero-order valence-corrected chi connectivity index (χ0v) is 10.0. The van der Waals surface area contributed by atoms with E-state index in [-0.39, 0.29) is 0 Å². The van der Waals surface area contributed by atoms with E-state index in [9.17, 15) is 4.79 Å². The topological polar surface area (TPSA) is 23.6 Å². The van der Waals surface area contributed by atoms with Crippen molar-refractivity contribution >= 4 is 12.0 Å². The van der Waals surface area contributed by atoms with Crippen LogP contribution in [0.25, 0.3) is 0 Å². The highest BCUT2D eigenvalue weighted by Gasteiger charge is 2.30. The first-order valence-electron chi connectivity index (χ1n) is 6.41. The van der Waals surface area contributed by atoms with Crippen LogP contribution in [0.3, 0.4) is 0 Å². The zero-order chi connectivity index (χ0) is 11.7. The molecule has 0 amide bonds. The van der Waals surface area contributed by atoms with Crippen LogP contribution in [0.2, 0.25) is 0 Å². The minimum Gasteiger partial charge on any atom is -0.369 e. The van der Waals surface area contributed by atoms with Crippen LogP contribution in [0, 0.1) is 0 Å². The maximum atomic E-state index is 10.6. The number of anilines is 1. The van der Waals surface area contributed by atoms with Crippen molar-refractivity contribution in [1.82, 2.24) is 4.90 Å². The van der Waals surface area contributed by atoms with Crippen LogP contribution in [0.15, 0.2) is 24.3 Å². The van der Waals surface area contributed by atoms with Crippen LogP contribution in [-0.2, 0) is 0 Å². The second kappa shape index (κ2) is 4.49. The van der Waals surface area contributed by atoms with Crippen LogP contribution in [0.4, 0.5) is 5.69 Å². The molecule has 2 heterocycles. The standard InChI is InChI=1S/C14H18N2O/c17-11-12-3-5-13(6-4-12)16-9-8-15-7-1-2-14(15)10-16/h3-6,11,14H,1-2,7-10H2. The Bertz CT molecular complexity index is 401. The fourth-order valence-corrected chi connectivity index (χ4v) is 2.99. The maximum absolute atomic E-state index is 10.6. The zero-order valence-electron chi connectivity index (χ0n) is 10.0. The van der Waals surface area contributed by atoms with E-state index in [1.54, 1.807) is 0 Å². The minimum atomic E-state index is 0.745. The molecule has 1 atom stereocenters. The van der Waals surface area contributed by atoms with Gasteiger partial charge in [-0.1, -0.05) is 0 Å². The van der Waals surface area contributed by atoms with E-state index < -0.39 is 0 Å². The molecule has 0 saturated carbocycles. The van der Waals surface area contributed by atoms with Crippen molar-refractivity contribution in [2.45, 2.75) is 18.9 Å². The van der Waals surface area contributed by atoms with Crippen molar-refractivity contribution < 1.29 is 4.79 Å². The first kappa shape index (κ1) is 10.8. The number of carbonyl (C=O) groups excluding carboxylic acids is 1. The lowest BCUT2D eigenvalue weighted by atomic mass is 10.1. The molecule has 2 aliphatic heterocycles. The van der Waals surface area contributed by atoms with Crippen LogP contribution >= 0.6 is 0 Å². The quantitative estimate of drug-likeness (QED) is 0.724. The third-order valence-electron chi connectivity index (χ3n) is 3.98. The van der Waals surface area contributed by atoms with Gasteiger partial charge >= 0.3 is 0 Å². The highest BCUT2D eigenvalue weighted by molar-refractivity contribution is 5.75. The molecule has 1 aromatic carbocycles. The Morgan fingerprint density at radius 2 is 1.94 bits per heavy atom. The lowest BCUT2D eigenvalue weighted by molar-refractivity contribution is 0.112. The largest absolute Gasteiger partial charge is 0.369 e. The monoisotopic (exact) mass is 230 g/mol. The van der Waals surface area contributed by atoms with Crippen molar-refractivity contribution in [2.75, 3.05) is 31.1 Å². The third kappa shape index (κ3) is 2.07. The molecule has 0 bridgehead atoms. The number of aldehydes is 1. The van der Waals surface area contributed by atoms with Crippen molar-refractivity contribution in [2.24, 2.45) is 0 Å². The second-order valence-electron chi connectivity index (χ2n) is 4.99. The molecule has 90 valence electrons. The molecule has 2 saturated heterocycles. The molecule has 2 aliphatic rings. The Hall–Kier alpha value is -1.35. The molecule has 3 rings (SSSR count). The van der Waals surface area contributed by atoms with Gasteiger partial charge in [-0.05, 0) is 43.7 Å². The van der Waals surface area contributed by atoms with Crippen molar-refractivity contribution in [3.8, 4) is 0 Å². The summed E-state index contributed by atoms with van der Waals surface area (Å²) < 4.78 is 0. The minimum absolute atomic E-state index is 0.745. The number of benzene rings is 1. The Morgan fingerprint density at radius 3 is 2.71 bits per heavy atom. The van der Waals surface area contributed by atoms with Crippen molar-refractivity contribution in [1.29, 1.82) is 0 Å². The molecule has 0 radical (unpaired) electrons. The fraction of sp³-hybridized carbons (Fsp3) is 0.500. The third-order valence-corrected chi connectivity index (χ3v) is 3.98. The van der Waals surface area contributed by atoms with Gasteiger partial charge in [0.2, 0.25) is 0 Å². The lowest BCUT2D eigenvalue weighted by Gasteiger charge is -2.38. The van der Waals surface area contributed by atoms with Gasteiger partial charge in [-0.15, -0.1) is 0 Å². The predicted molar refractivity (Wildman–Crippen MR) is 68.6 cm³/mol. The average Bonchev–Trinajstić information content (AvgIpc) is 2.86. The summed E-state index contributed by atoms with van der Waals surface area (Å²) in [6, 6.07) is 8.68. The number of rotatable bonds is 2. The lowest BCUT2D eigenvalue weighted by Crippen LogP contribution is -2.50. The van der Waals surface area contributed by atoms with E-state index in [0.717, 1.165) is 31.0 Å². The van der Waals surface area contributed by atoms with Gasteiger partial charge in [-0.2, -0.15) is 0 Å². The first-order valence-corrected chi connectivity index (χ1v) is 6.41. The van der Waals surface area contributed by atoms with E-state index in [1.807, 2.05) is 12.1 Å². The Morgan fingerprint density at radius 1 is 1.12 bits per heavy atom. The smallest absolute Gasteiger partial charge is 0.150 e. The SMILES string of the molecule is O=Cc1ccc(N2CCN3CCCC3C2)cc1. The van der Waals surface area contributed by atoms with Gasteiger partial charge in [-0.3, -0.25) is 9.69 Å². The summed E-state index contributed by atoms with van der Waals surface area (Å²) in [4.78, 5) is 15.7. The molecule has 0 aliphatic carbocycles. The molecule has 0 N–H and O–H groups in total. The molecule has 3 nitrogen and oxygen atoms in total. The average molecular weight is 230 g/mol. The molecule has 1 aromatic rings. The molecule has 0 spiro atoms. The number of hydrogen-bond donors (Lipinski definition) is 0. The summed E-state index contributed by atoms with van der Waals surface area (Å²) in [5.74, 6) is 0. The number of hydrogen-bond acceptors (Lipinski definition) is 3. The highest BCUT2D eigenvalue weighted by Crippen LogP contribution is 2.25. The van der Waals surface area contributed by atoms with Crippen molar-refractivity contribution in [3.63, 3.8) is 0 Å². The summed E-state index contributed by atoms with van der Waals surface area (Å²) in [7, 11) is 0. The Labute approximate surface area is 102 Å². The second-order valence-corrected chi connectivity index (χ2v) is 4.99. The molecule has 3 heteroatoms. The van der Waals surface area contributed by atoms with Gasteiger partial charge in [-0.25, -0.2) is 0 Å². The van der Waals surface area contributed by atoms with Gasteiger partial charge in [0, 0.05) is 36.9 Å². The highest BCUT2D eigenvalue weighted by atomic mass is 16.1. The number of nitrogens with zero attached hydrogens (tertiary/aromatic N) is 2. The van der Waals surface area contributed by atoms with Gasteiger partial charge in [0.1, 0.15) is 6.29 Å². The molecule has 2 fully saturated rings. The molecular formula is C14H18N2O.